The van der Waals surface area contributed by atoms with Gasteiger partial charge in [-0.3, -0.25) is 9.59 Å². The standard InChI is InChI=1S/C12H14FNO5S/c1-7(4-11(15)16)20(18,19)6-9-3-2-8(12(14)17)5-10(9)13/h2-3,5,7H,4,6H2,1H3,(H2,14,17)(H,15,16). The molecule has 8 heteroatoms. The Morgan fingerprint density at radius 2 is 2.00 bits per heavy atom. The lowest BCUT2D eigenvalue weighted by molar-refractivity contribution is -0.136. The third kappa shape index (κ3) is 4.02. The van der Waals surface area contributed by atoms with Gasteiger partial charge in [0.2, 0.25) is 5.91 Å². The van der Waals surface area contributed by atoms with E-state index in [0.29, 0.717) is 0 Å². The quantitative estimate of drug-likeness (QED) is 0.803. The number of carbonyl (C=O) groups is 2. The van der Waals surface area contributed by atoms with Crippen LogP contribution < -0.4 is 5.73 Å². The van der Waals surface area contributed by atoms with E-state index in [0.717, 1.165) is 12.1 Å². The monoisotopic (exact) mass is 303 g/mol. The molecule has 1 aromatic carbocycles. The molecule has 0 aliphatic rings. The Morgan fingerprint density at radius 1 is 1.40 bits per heavy atom. The van der Waals surface area contributed by atoms with Crippen molar-refractivity contribution in [2.75, 3.05) is 0 Å². The van der Waals surface area contributed by atoms with E-state index in [1.807, 2.05) is 0 Å². The lowest BCUT2D eigenvalue weighted by Crippen LogP contribution is -2.23. The first-order chi connectivity index (χ1) is 9.13. The Bertz CT molecular complexity index is 641. The van der Waals surface area contributed by atoms with E-state index in [9.17, 15) is 22.4 Å². The van der Waals surface area contributed by atoms with E-state index in [1.165, 1.54) is 13.0 Å². The Hall–Kier alpha value is -1.96. The van der Waals surface area contributed by atoms with Crippen molar-refractivity contribution >= 4 is 21.7 Å². The van der Waals surface area contributed by atoms with Gasteiger partial charge in [0.15, 0.2) is 9.84 Å². The van der Waals surface area contributed by atoms with E-state index in [1.54, 1.807) is 0 Å². The molecule has 0 radical (unpaired) electrons. The van der Waals surface area contributed by atoms with Crippen LogP contribution in [0.3, 0.4) is 0 Å². The second kappa shape index (κ2) is 6.00. The van der Waals surface area contributed by atoms with Gasteiger partial charge in [-0.2, -0.15) is 0 Å². The molecule has 1 unspecified atom stereocenters. The van der Waals surface area contributed by atoms with Crippen LogP contribution in [0.25, 0.3) is 0 Å². The number of primary amides is 1. The summed E-state index contributed by atoms with van der Waals surface area (Å²) in [6.45, 7) is 1.25. The highest BCUT2D eigenvalue weighted by atomic mass is 32.2. The van der Waals surface area contributed by atoms with Gasteiger partial charge in [-0.05, 0) is 19.1 Å². The molecule has 0 aliphatic carbocycles. The van der Waals surface area contributed by atoms with E-state index >= 15 is 0 Å². The summed E-state index contributed by atoms with van der Waals surface area (Å²) in [4.78, 5) is 21.4. The highest BCUT2D eigenvalue weighted by Gasteiger charge is 2.25. The van der Waals surface area contributed by atoms with Crippen LogP contribution in [-0.4, -0.2) is 30.7 Å². The molecule has 0 spiro atoms. The van der Waals surface area contributed by atoms with Gasteiger partial charge in [-0.1, -0.05) is 6.07 Å². The summed E-state index contributed by atoms with van der Waals surface area (Å²) in [7, 11) is -3.80. The highest BCUT2D eigenvalue weighted by Crippen LogP contribution is 2.17. The van der Waals surface area contributed by atoms with Crippen molar-refractivity contribution in [2.24, 2.45) is 5.73 Å². The number of sulfone groups is 1. The van der Waals surface area contributed by atoms with Gasteiger partial charge in [-0.25, -0.2) is 12.8 Å². The minimum absolute atomic E-state index is 0.0674. The fourth-order valence-corrected chi connectivity index (χ4v) is 2.90. The zero-order chi connectivity index (χ0) is 15.5. The largest absolute Gasteiger partial charge is 0.481 e. The fourth-order valence-electron chi connectivity index (χ4n) is 1.55. The van der Waals surface area contributed by atoms with Crippen molar-refractivity contribution in [1.29, 1.82) is 0 Å². The van der Waals surface area contributed by atoms with E-state index in [-0.39, 0.29) is 11.1 Å². The van der Waals surface area contributed by atoms with Crippen LogP contribution in [0.1, 0.15) is 29.3 Å². The molecule has 0 fully saturated rings. The van der Waals surface area contributed by atoms with Crippen LogP contribution in [0, 0.1) is 5.82 Å². The van der Waals surface area contributed by atoms with Crippen molar-refractivity contribution in [3.63, 3.8) is 0 Å². The first kappa shape index (κ1) is 16.1. The number of nitrogens with two attached hydrogens (primary N) is 1. The Morgan fingerprint density at radius 3 is 2.45 bits per heavy atom. The molecule has 0 aliphatic heterocycles. The normalized spacial score (nSPS) is 12.9. The van der Waals surface area contributed by atoms with E-state index in [4.69, 9.17) is 10.8 Å². The number of amides is 1. The summed E-state index contributed by atoms with van der Waals surface area (Å²) in [5, 5.41) is 7.45. The average Bonchev–Trinajstić information content (AvgIpc) is 2.30. The topological polar surface area (TPSA) is 115 Å². The number of carbonyl (C=O) groups excluding carboxylic acids is 1. The second-order valence-corrected chi connectivity index (χ2v) is 6.81. The van der Waals surface area contributed by atoms with Crippen molar-refractivity contribution in [1.82, 2.24) is 0 Å². The van der Waals surface area contributed by atoms with Crippen LogP contribution in [0.15, 0.2) is 18.2 Å². The smallest absolute Gasteiger partial charge is 0.304 e. The van der Waals surface area contributed by atoms with Crippen molar-refractivity contribution < 1.29 is 27.5 Å². The zero-order valence-corrected chi connectivity index (χ0v) is 11.5. The first-order valence-corrected chi connectivity index (χ1v) is 7.36. The maximum Gasteiger partial charge on any atom is 0.304 e. The number of rotatable bonds is 6. The number of aliphatic carboxylic acids is 1. The van der Waals surface area contributed by atoms with Gasteiger partial charge in [0, 0.05) is 11.1 Å². The van der Waals surface area contributed by atoms with Crippen LogP contribution in [-0.2, 0) is 20.4 Å². The molecule has 1 amide bonds. The SMILES string of the molecule is CC(CC(=O)O)S(=O)(=O)Cc1ccc(C(N)=O)cc1F. The third-order valence-electron chi connectivity index (χ3n) is 2.77. The minimum Gasteiger partial charge on any atom is -0.481 e. The molecular weight excluding hydrogens is 289 g/mol. The van der Waals surface area contributed by atoms with Crippen LogP contribution in [0.5, 0.6) is 0 Å². The number of carboxylic acid groups (broad SMARTS) is 1. The molecule has 110 valence electrons. The van der Waals surface area contributed by atoms with Gasteiger partial charge >= 0.3 is 5.97 Å². The fraction of sp³-hybridized carbons (Fsp3) is 0.333. The Balaban J connectivity index is 2.98. The first-order valence-electron chi connectivity index (χ1n) is 5.65. The molecule has 20 heavy (non-hydrogen) atoms. The van der Waals surface area contributed by atoms with E-state index in [2.05, 4.69) is 0 Å². The molecule has 0 bridgehead atoms. The van der Waals surface area contributed by atoms with Crippen molar-refractivity contribution in [2.45, 2.75) is 24.3 Å². The van der Waals surface area contributed by atoms with Crippen molar-refractivity contribution in [3.05, 3.63) is 35.1 Å². The molecule has 1 atom stereocenters. The maximum absolute atomic E-state index is 13.7. The molecule has 6 nitrogen and oxygen atoms in total. The number of benzene rings is 1. The van der Waals surface area contributed by atoms with Crippen LogP contribution in [0.2, 0.25) is 0 Å². The number of carboxylic acids is 1. The predicted octanol–water partition coefficient (Wildman–Crippen LogP) is 0.703. The number of hydrogen-bond acceptors (Lipinski definition) is 4. The minimum atomic E-state index is -3.80. The summed E-state index contributed by atoms with van der Waals surface area (Å²) in [6.07, 6.45) is -0.552. The maximum atomic E-state index is 13.7. The molecule has 0 saturated carbocycles. The Labute approximate surface area is 115 Å². The zero-order valence-electron chi connectivity index (χ0n) is 10.7. The van der Waals surface area contributed by atoms with Gasteiger partial charge in [0.1, 0.15) is 5.82 Å². The lowest BCUT2D eigenvalue weighted by atomic mass is 10.1. The molecule has 3 N–H and O–H groups in total. The summed E-state index contributed by atoms with van der Waals surface area (Å²) >= 11 is 0. The molecule has 0 saturated heterocycles. The summed E-state index contributed by atoms with van der Waals surface area (Å²) in [6, 6.07) is 3.23. The second-order valence-electron chi connectivity index (χ2n) is 4.39. The van der Waals surface area contributed by atoms with Gasteiger partial charge < -0.3 is 10.8 Å². The summed E-state index contributed by atoms with van der Waals surface area (Å²) in [5.74, 6) is -3.57. The number of halogens is 1. The average molecular weight is 303 g/mol. The molecular formula is C12H14FNO5S. The van der Waals surface area contributed by atoms with Gasteiger partial charge in [0.05, 0.1) is 17.4 Å². The van der Waals surface area contributed by atoms with Crippen LogP contribution in [0.4, 0.5) is 4.39 Å². The number of hydrogen-bond donors (Lipinski definition) is 2. The van der Waals surface area contributed by atoms with Gasteiger partial charge in [0.25, 0.3) is 0 Å². The Kier molecular flexibility index (Phi) is 4.83. The highest BCUT2D eigenvalue weighted by molar-refractivity contribution is 7.91. The van der Waals surface area contributed by atoms with E-state index < -0.39 is 45.0 Å². The molecule has 0 heterocycles. The van der Waals surface area contributed by atoms with Crippen LogP contribution >= 0.6 is 0 Å². The third-order valence-corrected chi connectivity index (χ3v) is 4.88. The van der Waals surface area contributed by atoms with Crippen molar-refractivity contribution in [3.8, 4) is 0 Å². The van der Waals surface area contributed by atoms with Gasteiger partial charge in [-0.15, -0.1) is 0 Å². The lowest BCUT2D eigenvalue weighted by Gasteiger charge is -2.11. The summed E-state index contributed by atoms with van der Waals surface area (Å²) in [5.41, 5.74) is 4.77. The molecule has 1 aromatic rings. The molecule has 0 aromatic heterocycles. The summed E-state index contributed by atoms with van der Waals surface area (Å²) < 4.78 is 37.4. The predicted molar refractivity (Wildman–Crippen MR) is 69.3 cm³/mol. The molecule has 1 rings (SSSR count).